The van der Waals surface area contributed by atoms with Gasteiger partial charge in [-0.3, -0.25) is 9.59 Å². The van der Waals surface area contributed by atoms with E-state index in [-0.39, 0.29) is 24.2 Å². The molecule has 2 aromatic rings. The number of hydrogen-bond donors (Lipinski definition) is 1. The molecule has 1 aliphatic rings. The Balaban J connectivity index is 1.62. The standard InChI is InChI=1S/C18H16Cl2N2O2/c19-14-7-5-12(6-8-14)10-21-18(24)13-9-17(23)22(11-13)16-4-2-1-3-15(16)20/h1-8,13H,9-11H2,(H,21,24)/t13-/m0/s1. The van der Waals surface area contributed by atoms with Crippen LogP contribution in [0.4, 0.5) is 5.69 Å². The summed E-state index contributed by atoms with van der Waals surface area (Å²) in [5.41, 5.74) is 1.61. The third-order valence-corrected chi connectivity index (χ3v) is 4.59. The molecular formula is C18H16Cl2N2O2. The van der Waals surface area contributed by atoms with Crippen molar-refractivity contribution in [3.8, 4) is 0 Å². The number of amides is 2. The Bertz CT molecular complexity index is 762. The van der Waals surface area contributed by atoms with Gasteiger partial charge in [0.15, 0.2) is 0 Å². The number of rotatable bonds is 4. The minimum atomic E-state index is -0.374. The molecule has 1 aliphatic heterocycles. The molecule has 0 aromatic heterocycles. The number of carbonyl (C=O) groups is 2. The number of benzene rings is 2. The molecule has 4 nitrogen and oxygen atoms in total. The summed E-state index contributed by atoms with van der Waals surface area (Å²) < 4.78 is 0. The number of halogens is 2. The molecule has 2 aromatic carbocycles. The Hall–Kier alpha value is -2.04. The molecule has 1 saturated heterocycles. The smallest absolute Gasteiger partial charge is 0.227 e. The number of nitrogens with one attached hydrogen (secondary N) is 1. The van der Waals surface area contributed by atoms with E-state index in [1.54, 1.807) is 29.2 Å². The lowest BCUT2D eigenvalue weighted by Gasteiger charge is -2.18. The predicted molar refractivity (Wildman–Crippen MR) is 95.2 cm³/mol. The maximum Gasteiger partial charge on any atom is 0.227 e. The van der Waals surface area contributed by atoms with Crippen LogP contribution in [-0.2, 0) is 16.1 Å². The molecule has 0 aliphatic carbocycles. The maximum absolute atomic E-state index is 12.3. The molecule has 0 spiro atoms. The van der Waals surface area contributed by atoms with Crippen LogP contribution in [0.3, 0.4) is 0 Å². The van der Waals surface area contributed by atoms with Crippen molar-refractivity contribution in [2.24, 2.45) is 5.92 Å². The highest BCUT2D eigenvalue weighted by Crippen LogP contribution is 2.31. The Kier molecular flexibility index (Phi) is 5.07. The van der Waals surface area contributed by atoms with Crippen LogP contribution < -0.4 is 10.2 Å². The molecule has 124 valence electrons. The minimum absolute atomic E-state index is 0.0882. The van der Waals surface area contributed by atoms with Gasteiger partial charge in [-0.2, -0.15) is 0 Å². The van der Waals surface area contributed by atoms with Crippen LogP contribution in [0.2, 0.25) is 10.0 Å². The third kappa shape index (κ3) is 3.71. The molecule has 6 heteroatoms. The first-order valence-corrected chi connectivity index (χ1v) is 8.37. The second-order valence-electron chi connectivity index (χ2n) is 5.70. The molecule has 1 N–H and O–H groups in total. The summed E-state index contributed by atoms with van der Waals surface area (Å²) in [5.74, 6) is -0.594. The highest BCUT2D eigenvalue weighted by atomic mass is 35.5. The van der Waals surface area contributed by atoms with Crippen LogP contribution in [-0.4, -0.2) is 18.4 Å². The van der Waals surface area contributed by atoms with Crippen LogP contribution in [0.25, 0.3) is 0 Å². The van der Waals surface area contributed by atoms with E-state index in [2.05, 4.69) is 5.32 Å². The lowest BCUT2D eigenvalue weighted by atomic mass is 10.1. The summed E-state index contributed by atoms with van der Waals surface area (Å²) >= 11 is 12.0. The Labute approximate surface area is 150 Å². The monoisotopic (exact) mass is 362 g/mol. The summed E-state index contributed by atoms with van der Waals surface area (Å²) in [6, 6.07) is 14.4. The summed E-state index contributed by atoms with van der Waals surface area (Å²) in [5, 5.41) is 4.04. The van der Waals surface area contributed by atoms with Gasteiger partial charge in [-0.15, -0.1) is 0 Å². The average Bonchev–Trinajstić information content (AvgIpc) is 2.96. The zero-order valence-corrected chi connectivity index (χ0v) is 14.3. The van der Waals surface area contributed by atoms with Gasteiger partial charge in [0, 0.05) is 24.5 Å². The molecular weight excluding hydrogens is 347 g/mol. The number of anilines is 1. The van der Waals surface area contributed by atoms with Gasteiger partial charge in [-0.05, 0) is 29.8 Å². The van der Waals surface area contributed by atoms with Crippen LogP contribution in [0.5, 0.6) is 0 Å². The number of hydrogen-bond acceptors (Lipinski definition) is 2. The Morgan fingerprint density at radius 2 is 1.83 bits per heavy atom. The van der Waals surface area contributed by atoms with Crippen molar-refractivity contribution in [1.29, 1.82) is 0 Å². The van der Waals surface area contributed by atoms with Crippen LogP contribution >= 0.6 is 23.2 Å². The van der Waals surface area contributed by atoms with E-state index in [1.165, 1.54) is 0 Å². The minimum Gasteiger partial charge on any atom is -0.352 e. The van der Waals surface area contributed by atoms with E-state index in [1.807, 2.05) is 24.3 Å². The average molecular weight is 363 g/mol. The van der Waals surface area contributed by atoms with Crippen molar-refractivity contribution in [1.82, 2.24) is 5.32 Å². The lowest BCUT2D eigenvalue weighted by Crippen LogP contribution is -2.32. The second kappa shape index (κ2) is 7.24. The van der Waals surface area contributed by atoms with E-state index in [0.717, 1.165) is 5.56 Å². The van der Waals surface area contributed by atoms with Gasteiger partial charge in [0.1, 0.15) is 0 Å². The fraction of sp³-hybridized carbons (Fsp3) is 0.222. The number of para-hydroxylation sites is 1. The molecule has 0 bridgehead atoms. The fourth-order valence-electron chi connectivity index (χ4n) is 2.72. The zero-order chi connectivity index (χ0) is 17.1. The lowest BCUT2D eigenvalue weighted by molar-refractivity contribution is -0.126. The molecule has 0 radical (unpaired) electrons. The first-order valence-electron chi connectivity index (χ1n) is 7.61. The SMILES string of the molecule is O=C(NCc1ccc(Cl)cc1)[C@H]1CC(=O)N(c2ccccc2Cl)C1. The van der Waals surface area contributed by atoms with Crippen LogP contribution in [0, 0.1) is 5.92 Å². The molecule has 1 fully saturated rings. The Morgan fingerprint density at radius 1 is 1.12 bits per heavy atom. The maximum atomic E-state index is 12.3. The van der Waals surface area contributed by atoms with Crippen LogP contribution in [0.1, 0.15) is 12.0 Å². The third-order valence-electron chi connectivity index (χ3n) is 4.02. The van der Waals surface area contributed by atoms with Gasteiger partial charge in [-0.1, -0.05) is 47.5 Å². The van der Waals surface area contributed by atoms with Gasteiger partial charge < -0.3 is 10.2 Å². The van der Waals surface area contributed by atoms with Crippen molar-refractivity contribution >= 4 is 40.7 Å². The summed E-state index contributed by atoms with van der Waals surface area (Å²) in [6.45, 7) is 0.752. The Morgan fingerprint density at radius 3 is 2.54 bits per heavy atom. The normalized spacial score (nSPS) is 17.2. The van der Waals surface area contributed by atoms with E-state index < -0.39 is 0 Å². The van der Waals surface area contributed by atoms with Gasteiger partial charge in [0.25, 0.3) is 0 Å². The number of carbonyl (C=O) groups excluding carboxylic acids is 2. The molecule has 1 atom stereocenters. The van der Waals surface area contributed by atoms with Gasteiger partial charge in [0.05, 0.1) is 16.6 Å². The highest BCUT2D eigenvalue weighted by Gasteiger charge is 2.35. The fourth-order valence-corrected chi connectivity index (χ4v) is 3.09. The molecule has 1 heterocycles. The van der Waals surface area contributed by atoms with Gasteiger partial charge >= 0.3 is 0 Å². The van der Waals surface area contributed by atoms with E-state index in [0.29, 0.717) is 28.8 Å². The summed E-state index contributed by atoms with van der Waals surface area (Å²) in [7, 11) is 0. The second-order valence-corrected chi connectivity index (χ2v) is 6.54. The first kappa shape index (κ1) is 16.8. The van der Waals surface area contributed by atoms with Gasteiger partial charge in [0.2, 0.25) is 11.8 Å². The molecule has 24 heavy (non-hydrogen) atoms. The van der Waals surface area contributed by atoms with E-state index in [4.69, 9.17) is 23.2 Å². The van der Waals surface area contributed by atoms with E-state index >= 15 is 0 Å². The summed E-state index contributed by atoms with van der Waals surface area (Å²) in [4.78, 5) is 26.1. The topological polar surface area (TPSA) is 49.4 Å². The number of nitrogens with zero attached hydrogens (tertiary/aromatic N) is 1. The molecule has 3 rings (SSSR count). The zero-order valence-electron chi connectivity index (χ0n) is 12.8. The summed E-state index contributed by atoms with van der Waals surface area (Å²) in [6.07, 6.45) is 0.192. The highest BCUT2D eigenvalue weighted by molar-refractivity contribution is 6.34. The van der Waals surface area contributed by atoms with Gasteiger partial charge in [-0.25, -0.2) is 0 Å². The molecule has 0 unspecified atom stereocenters. The molecule has 2 amide bonds. The first-order chi connectivity index (χ1) is 11.5. The van der Waals surface area contributed by atoms with Crippen LogP contribution in [0.15, 0.2) is 48.5 Å². The van der Waals surface area contributed by atoms with Crippen molar-refractivity contribution in [3.63, 3.8) is 0 Å². The predicted octanol–water partition coefficient (Wildman–Crippen LogP) is 3.66. The van der Waals surface area contributed by atoms with Crippen molar-refractivity contribution < 1.29 is 9.59 Å². The van der Waals surface area contributed by atoms with Crippen molar-refractivity contribution in [2.45, 2.75) is 13.0 Å². The van der Waals surface area contributed by atoms with E-state index in [9.17, 15) is 9.59 Å². The molecule has 0 saturated carbocycles. The van der Waals surface area contributed by atoms with Crippen molar-refractivity contribution in [2.75, 3.05) is 11.4 Å². The largest absolute Gasteiger partial charge is 0.352 e. The quantitative estimate of drug-likeness (QED) is 0.901. The van der Waals surface area contributed by atoms with Crippen molar-refractivity contribution in [3.05, 3.63) is 64.1 Å².